The number of aliphatic hydroxyl groups excluding tert-OH is 1. The molecule has 0 spiro atoms. The van der Waals surface area contributed by atoms with Gasteiger partial charge < -0.3 is 15.2 Å². The van der Waals surface area contributed by atoms with Crippen molar-refractivity contribution in [2.45, 2.75) is 18.9 Å². The summed E-state index contributed by atoms with van der Waals surface area (Å²) in [5, 5.41) is 12.3. The molecule has 6 nitrogen and oxygen atoms in total. The van der Waals surface area contributed by atoms with E-state index in [1.165, 1.54) is 7.11 Å². The number of methoxy groups -OCH3 is 1. The summed E-state index contributed by atoms with van der Waals surface area (Å²) in [4.78, 5) is 25.2. The summed E-state index contributed by atoms with van der Waals surface area (Å²) in [6, 6.07) is 6.53. The Labute approximate surface area is 123 Å². The van der Waals surface area contributed by atoms with Gasteiger partial charge in [0.25, 0.3) is 0 Å². The second-order valence-corrected chi connectivity index (χ2v) is 5.15. The predicted octanol–water partition coefficient (Wildman–Crippen LogP) is 0.868. The third-order valence-electron chi connectivity index (χ3n) is 3.44. The molecule has 1 saturated heterocycles. The highest BCUT2D eigenvalue weighted by Crippen LogP contribution is 2.12. The number of benzene rings is 1. The lowest BCUT2D eigenvalue weighted by Gasteiger charge is -2.29. The van der Waals surface area contributed by atoms with E-state index in [9.17, 15) is 14.7 Å². The Bertz CT molecular complexity index is 501. The van der Waals surface area contributed by atoms with Gasteiger partial charge in [0, 0.05) is 12.2 Å². The van der Waals surface area contributed by atoms with Crippen LogP contribution < -0.4 is 5.32 Å². The standard InChI is InChI=1S/C15H20N2O4/c1-21-15(20)11-4-6-12(7-5-11)16-14(19)10-17-8-2-3-13(18)9-17/h4-7,13,18H,2-3,8-10H2,1H3,(H,16,19). The first-order chi connectivity index (χ1) is 10.1. The maximum absolute atomic E-state index is 11.9. The smallest absolute Gasteiger partial charge is 0.337 e. The molecule has 0 radical (unpaired) electrons. The number of piperidine rings is 1. The zero-order valence-electron chi connectivity index (χ0n) is 12.0. The molecule has 1 aromatic carbocycles. The number of hydrogen-bond donors (Lipinski definition) is 2. The van der Waals surface area contributed by atoms with E-state index in [1.54, 1.807) is 24.3 Å². The molecule has 21 heavy (non-hydrogen) atoms. The minimum Gasteiger partial charge on any atom is -0.465 e. The van der Waals surface area contributed by atoms with Gasteiger partial charge in [-0.15, -0.1) is 0 Å². The number of carbonyl (C=O) groups excluding carboxylic acids is 2. The molecule has 1 unspecified atom stereocenters. The SMILES string of the molecule is COC(=O)c1ccc(NC(=O)CN2CCCC(O)C2)cc1. The lowest BCUT2D eigenvalue weighted by Crippen LogP contribution is -2.42. The van der Waals surface area contributed by atoms with Gasteiger partial charge in [-0.3, -0.25) is 9.69 Å². The van der Waals surface area contributed by atoms with Crippen molar-refractivity contribution in [2.24, 2.45) is 0 Å². The Balaban J connectivity index is 1.86. The fourth-order valence-corrected chi connectivity index (χ4v) is 2.39. The van der Waals surface area contributed by atoms with Crippen molar-refractivity contribution in [3.63, 3.8) is 0 Å². The quantitative estimate of drug-likeness (QED) is 0.805. The number of esters is 1. The van der Waals surface area contributed by atoms with E-state index in [2.05, 4.69) is 10.1 Å². The number of amides is 1. The maximum atomic E-state index is 11.9. The Morgan fingerprint density at radius 3 is 2.71 bits per heavy atom. The van der Waals surface area contributed by atoms with Crippen LogP contribution in [0, 0.1) is 0 Å². The van der Waals surface area contributed by atoms with Crippen LogP contribution in [-0.4, -0.2) is 54.7 Å². The van der Waals surface area contributed by atoms with Crippen LogP contribution in [-0.2, 0) is 9.53 Å². The van der Waals surface area contributed by atoms with Gasteiger partial charge in [-0.2, -0.15) is 0 Å². The molecule has 0 aromatic heterocycles. The van der Waals surface area contributed by atoms with Gasteiger partial charge in [0.1, 0.15) is 0 Å². The number of anilines is 1. The van der Waals surface area contributed by atoms with Crippen molar-refractivity contribution in [1.29, 1.82) is 0 Å². The predicted molar refractivity (Wildman–Crippen MR) is 78.1 cm³/mol. The highest BCUT2D eigenvalue weighted by molar-refractivity contribution is 5.93. The van der Waals surface area contributed by atoms with E-state index >= 15 is 0 Å². The third-order valence-corrected chi connectivity index (χ3v) is 3.44. The molecule has 2 N–H and O–H groups in total. The second-order valence-electron chi connectivity index (χ2n) is 5.15. The molecule has 6 heteroatoms. The van der Waals surface area contributed by atoms with Gasteiger partial charge in [-0.05, 0) is 43.7 Å². The lowest BCUT2D eigenvalue weighted by molar-refractivity contribution is -0.118. The minimum absolute atomic E-state index is 0.130. The molecule has 1 aliphatic rings. The fraction of sp³-hybridized carbons (Fsp3) is 0.467. The second kappa shape index (κ2) is 7.19. The molecular formula is C15H20N2O4. The first-order valence-electron chi connectivity index (χ1n) is 6.97. The summed E-state index contributed by atoms with van der Waals surface area (Å²) in [7, 11) is 1.32. The van der Waals surface area contributed by atoms with Crippen LogP contribution in [0.15, 0.2) is 24.3 Å². The van der Waals surface area contributed by atoms with E-state index in [1.807, 2.05) is 4.90 Å². The van der Waals surface area contributed by atoms with Gasteiger partial charge in [-0.25, -0.2) is 4.79 Å². The Hall–Kier alpha value is -1.92. The van der Waals surface area contributed by atoms with Crippen LogP contribution in [0.1, 0.15) is 23.2 Å². The van der Waals surface area contributed by atoms with E-state index in [0.717, 1.165) is 19.4 Å². The van der Waals surface area contributed by atoms with Crippen LogP contribution in [0.5, 0.6) is 0 Å². The summed E-state index contributed by atoms with van der Waals surface area (Å²) in [6.45, 7) is 1.62. The number of aliphatic hydroxyl groups is 1. The number of β-amino-alcohol motifs (C(OH)–C–C–N with tert-alkyl or cyclic N) is 1. The molecule has 1 aromatic rings. The first-order valence-corrected chi connectivity index (χ1v) is 6.97. The van der Waals surface area contributed by atoms with Crippen LogP contribution >= 0.6 is 0 Å². The van der Waals surface area contributed by atoms with Crippen molar-refractivity contribution in [2.75, 3.05) is 32.1 Å². The molecule has 1 fully saturated rings. The van der Waals surface area contributed by atoms with Crippen molar-refractivity contribution >= 4 is 17.6 Å². The van der Waals surface area contributed by atoms with E-state index in [0.29, 0.717) is 17.8 Å². The number of ether oxygens (including phenoxy) is 1. The van der Waals surface area contributed by atoms with E-state index in [4.69, 9.17) is 0 Å². The largest absolute Gasteiger partial charge is 0.465 e. The van der Waals surface area contributed by atoms with Gasteiger partial charge in [0.2, 0.25) is 5.91 Å². The molecule has 1 aliphatic heterocycles. The number of likely N-dealkylation sites (tertiary alicyclic amines) is 1. The molecule has 1 amide bonds. The van der Waals surface area contributed by atoms with Gasteiger partial charge >= 0.3 is 5.97 Å². The normalized spacial score (nSPS) is 19.0. The maximum Gasteiger partial charge on any atom is 0.337 e. The van der Waals surface area contributed by atoms with Gasteiger partial charge in [-0.1, -0.05) is 0 Å². The summed E-state index contributed by atoms with van der Waals surface area (Å²) in [5.74, 6) is -0.537. The summed E-state index contributed by atoms with van der Waals surface area (Å²) in [5.41, 5.74) is 1.07. The van der Waals surface area contributed by atoms with Crippen molar-refractivity contribution in [3.05, 3.63) is 29.8 Å². The number of carbonyl (C=O) groups is 2. The van der Waals surface area contributed by atoms with Crippen molar-refractivity contribution in [1.82, 2.24) is 4.90 Å². The van der Waals surface area contributed by atoms with Crippen molar-refractivity contribution < 1.29 is 19.4 Å². The third kappa shape index (κ3) is 4.54. The summed E-state index contributed by atoms with van der Waals surface area (Å²) in [6.07, 6.45) is 1.36. The average Bonchev–Trinajstić information content (AvgIpc) is 2.47. The highest BCUT2D eigenvalue weighted by atomic mass is 16.5. The number of nitrogens with zero attached hydrogens (tertiary/aromatic N) is 1. The topological polar surface area (TPSA) is 78.9 Å². The van der Waals surface area contributed by atoms with Crippen LogP contribution in [0.25, 0.3) is 0 Å². The Morgan fingerprint density at radius 2 is 2.10 bits per heavy atom. The first kappa shape index (κ1) is 15.5. The van der Waals surface area contributed by atoms with Gasteiger partial charge in [0.05, 0.1) is 25.3 Å². The molecule has 0 saturated carbocycles. The molecule has 1 atom stereocenters. The number of hydrogen-bond acceptors (Lipinski definition) is 5. The number of rotatable bonds is 4. The molecule has 0 aliphatic carbocycles. The average molecular weight is 292 g/mol. The minimum atomic E-state index is -0.407. The Morgan fingerprint density at radius 1 is 1.38 bits per heavy atom. The van der Waals surface area contributed by atoms with E-state index in [-0.39, 0.29) is 18.6 Å². The highest BCUT2D eigenvalue weighted by Gasteiger charge is 2.19. The zero-order chi connectivity index (χ0) is 15.2. The van der Waals surface area contributed by atoms with Crippen LogP contribution in [0.4, 0.5) is 5.69 Å². The van der Waals surface area contributed by atoms with Gasteiger partial charge in [0.15, 0.2) is 0 Å². The molecule has 0 bridgehead atoms. The van der Waals surface area contributed by atoms with Crippen molar-refractivity contribution in [3.8, 4) is 0 Å². The molecule has 1 heterocycles. The molecule has 114 valence electrons. The molecular weight excluding hydrogens is 272 g/mol. The molecule has 2 rings (SSSR count). The summed E-state index contributed by atoms with van der Waals surface area (Å²) >= 11 is 0. The Kier molecular flexibility index (Phi) is 5.30. The lowest BCUT2D eigenvalue weighted by atomic mass is 10.1. The van der Waals surface area contributed by atoms with Crippen LogP contribution in [0.2, 0.25) is 0 Å². The zero-order valence-corrected chi connectivity index (χ0v) is 12.0. The number of nitrogens with one attached hydrogen (secondary N) is 1. The van der Waals surface area contributed by atoms with Crippen LogP contribution in [0.3, 0.4) is 0 Å². The summed E-state index contributed by atoms with van der Waals surface area (Å²) < 4.78 is 4.61. The fourth-order valence-electron chi connectivity index (χ4n) is 2.39. The van der Waals surface area contributed by atoms with E-state index < -0.39 is 5.97 Å². The monoisotopic (exact) mass is 292 g/mol.